The molecule has 9 heteroatoms. The van der Waals surface area contributed by atoms with Gasteiger partial charge in [0.1, 0.15) is 5.75 Å². The summed E-state index contributed by atoms with van der Waals surface area (Å²) in [5, 5.41) is 0. The van der Waals surface area contributed by atoms with Crippen molar-refractivity contribution in [3.63, 3.8) is 0 Å². The molecule has 112 valence electrons. The van der Waals surface area contributed by atoms with Gasteiger partial charge in [0.05, 0.1) is 13.2 Å². The molecule has 1 rings (SSSR count). The van der Waals surface area contributed by atoms with Gasteiger partial charge in [-0.15, -0.1) is 0 Å². The molecule has 0 aliphatic heterocycles. The maximum atomic E-state index is 13.7. The molecule has 0 amide bonds. The predicted octanol–water partition coefficient (Wildman–Crippen LogP) is 5.28. The first-order valence-electron chi connectivity index (χ1n) is 5.23. The molecule has 0 aliphatic carbocycles. The fraction of sp³-hybridized carbons (Fsp3) is 0.400. The molecule has 2 nitrogen and oxygen atoms in total. The van der Waals surface area contributed by atoms with E-state index in [0.29, 0.717) is 6.07 Å². The van der Waals surface area contributed by atoms with Crippen LogP contribution in [0.25, 0.3) is 0 Å². The summed E-state index contributed by atoms with van der Waals surface area (Å²) in [4.78, 5) is -2.67. The van der Waals surface area contributed by atoms with Crippen molar-refractivity contribution in [3.05, 3.63) is 17.9 Å². The molecule has 0 saturated carbocycles. The van der Waals surface area contributed by atoms with Gasteiger partial charge in [-0.2, -0.15) is 0 Å². The van der Waals surface area contributed by atoms with E-state index in [0.717, 1.165) is 6.07 Å². The van der Waals surface area contributed by atoms with Crippen LogP contribution in [0.1, 0.15) is 13.8 Å². The molecule has 19 heavy (non-hydrogen) atoms. The van der Waals surface area contributed by atoms with Crippen molar-refractivity contribution in [2.24, 2.45) is 0 Å². The minimum absolute atomic E-state index is 0.162. The lowest BCUT2D eigenvalue weighted by Crippen LogP contribution is -2.12. The lowest BCUT2D eigenvalue weighted by atomic mass is 10.3. The zero-order chi connectivity index (χ0) is 15.0. The summed E-state index contributed by atoms with van der Waals surface area (Å²) in [6.45, 7) is 2.21. The van der Waals surface area contributed by atoms with E-state index >= 15 is 0 Å². The summed E-state index contributed by atoms with van der Waals surface area (Å²) in [7, 11) is -10.2. The van der Waals surface area contributed by atoms with Crippen molar-refractivity contribution in [1.82, 2.24) is 0 Å². The van der Waals surface area contributed by atoms with Gasteiger partial charge >= 0.3 is 10.2 Å². The maximum absolute atomic E-state index is 13.7. The largest absolute Gasteiger partial charge is 0.492 e. The fourth-order valence-corrected chi connectivity index (χ4v) is 2.36. The van der Waals surface area contributed by atoms with Crippen molar-refractivity contribution in [3.8, 4) is 11.5 Å². The summed E-state index contributed by atoms with van der Waals surface area (Å²) in [6, 6.07) is 1.43. The van der Waals surface area contributed by atoms with Crippen LogP contribution in [0.3, 0.4) is 0 Å². The van der Waals surface area contributed by atoms with E-state index in [2.05, 4.69) is 9.47 Å². The van der Waals surface area contributed by atoms with Crippen LogP contribution in [0.2, 0.25) is 0 Å². The summed E-state index contributed by atoms with van der Waals surface area (Å²) < 4.78 is 86.8. The summed E-state index contributed by atoms with van der Waals surface area (Å²) in [5.41, 5.74) is 0. The Morgan fingerprint density at radius 3 is 1.74 bits per heavy atom. The van der Waals surface area contributed by atoms with Crippen LogP contribution in [0.4, 0.5) is 23.8 Å². The van der Waals surface area contributed by atoms with E-state index in [1.807, 2.05) is 0 Å². The number of benzene rings is 1. The predicted molar refractivity (Wildman–Crippen MR) is 60.1 cm³/mol. The summed E-state index contributed by atoms with van der Waals surface area (Å²) in [6.07, 6.45) is 0. The molecule has 0 atom stereocenters. The van der Waals surface area contributed by atoms with Crippen molar-refractivity contribution in [2.75, 3.05) is 13.2 Å². The normalized spacial score (nSPS) is 15.6. The van der Waals surface area contributed by atoms with Crippen LogP contribution in [0, 0.1) is 5.82 Å². The lowest BCUT2D eigenvalue weighted by molar-refractivity contribution is 0.286. The van der Waals surface area contributed by atoms with Gasteiger partial charge in [-0.1, -0.05) is 19.4 Å². The second kappa shape index (κ2) is 4.12. The number of halogens is 6. The van der Waals surface area contributed by atoms with Gasteiger partial charge in [-0.05, 0) is 26.0 Å². The zero-order valence-corrected chi connectivity index (χ0v) is 10.9. The highest BCUT2D eigenvalue weighted by Gasteiger charge is 2.69. The molecule has 0 aromatic heterocycles. The van der Waals surface area contributed by atoms with E-state index in [1.165, 1.54) is 13.8 Å². The first-order chi connectivity index (χ1) is 8.40. The Hall–Kier alpha value is -1.25. The third kappa shape index (κ3) is 3.62. The highest BCUT2D eigenvalue weighted by molar-refractivity contribution is 8.45. The number of ether oxygens (including phenoxy) is 2. The first kappa shape index (κ1) is 15.8. The average molecular weight is 310 g/mol. The van der Waals surface area contributed by atoms with Gasteiger partial charge in [0.25, 0.3) is 0 Å². The standard InChI is InChI=1S/C10H12F6O2S/c1-3-17-7-5-6-8(18-4-2)10(9(7)11)19(12,13,14,15)16/h5-6H,3-4H2,1-2H3. The monoisotopic (exact) mass is 310 g/mol. The van der Waals surface area contributed by atoms with Gasteiger partial charge in [-0.25, -0.2) is 4.39 Å². The molecule has 0 N–H and O–H groups in total. The van der Waals surface area contributed by atoms with E-state index in [9.17, 15) is 23.8 Å². The number of hydrogen-bond donors (Lipinski definition) is 0. The van der Waals surface area contributed by atoms with Gasteiger partial charge in [-0.3, -0.25) is 0 Å². The quantitative estimate of drug-likeness (QED) is 0.689. The smallest absolute Gasteiger partial charge is 0.316 e. The Balaban J connectivity index is 3.63. The van der Waals surface area contributed by atoms with Crippen LogP contribution in [-0.4, -0.2) is 13.2 Å². The Bertz CT molecular complexity index is 484. The van der Waals surface area contributed by atoms with Crippen LogP contribution >= 0.6 is 10.2 Å². The SMILES string of the molecule is CCOc1ccc(OCC)c(S(F)(F)(F)(F)F)c1F. The van der Waals surface area contributed by atoms with Crippen LogP contribution < -0.4 is 9.47 Å². The van der Waals surface area contributed by atoms with Crippen molar-refractivity contribution in [2.45, 2.75) is 18.7 Å². The molecule has 0 aliphatic rings. The Morgan fingerprint density at radius 2 is 1.32 bits per heavy atom. The van der Waals surface area contributed by atoms with Gasteiger partial charge in [0, 0.05) is 0 Å². The van der Waals surface area contributed by atoms with E-state index in [1.54, 1.807) is 0 Å². The Kier molecular flexibility index (Phi) is 3.43. The van der Waals surface area contributed by atoms with Crippen LogP contribution in [0.15, 0.2) is 17.0 Å². The molecule has 1 aromatic rings. The Morgan fingerprint density at radius 1 is 0.895 bits per heavy atom. The molecule has 1 aromatic carbocycles. The third-order valence-corrected chi connectivity index (χ3v) is 3.16. The van der Waals surface area contributed by atoms with Crippen molar-refractivity contribution in [1.29, 1.82) is 0 Å². The number of rotatable bonds is 5. The molecule has 0 unspecified atom stereocenters. The molecular formula is C10H12F6O2S. The summed E-state index contributed by atoms with van der Waals surface area (Å²) >= 11 is 0. The van der Waals surface area contributed by atoms with E-state index in [-0.39, 0.29) is 13.2 Å². The van der Waals surface area contributed by atoms with E-state index < -0.39 is 32.4 Å². The third-order valence-electron chi connectivity index (χ3n) is 2.01. The zero-order valence-electron chi connectivity index (χ0n) is 10.1. The molecule has 0 heterocycles. The highest BCUT2D eigenvalue weighted by Crippen LogP contribution is 3.03. The molecule has 0 fully saturated rings. The molecule has 0 bridgehead atoms. The van der Waals surface area contributed by atoms with E-state index in [4.69, 9.17) is 0 Å². The average Bonchev–Trinajstić information content (AvgIpc) is 2.18. The van der Waals surface area contributed by atoms with Gasteiger partial charge < -0.3 is 9.47 Å². The number of hydrogen-bond acceptors (Lipinski definition) is 2. The molecule has 0 radical (unpaired) electrons. The highest BCUT2D eigenvalue weighted by atomic mass is 32.5. The van der Waals surface area contributed by atoms with Gasteiger partial charge in [0.2, 0.25) is 0 Å². The van der Waals surface area contributed by atoms with Crippen LogP contribution in [0.5, 0.6) is 11.5 Å². The van der Waals surface area contributed by atoms with Crippen molar-refractivity contribution >= 4 is 10.2 Å². The fourth-order valence-electron chi connectivity index (χ4n) is 1.42. The van der Waals surface area contributed by atoms with Gasteiger partial charge in [0.15, 0.2) is 16.5 Å². The Labute approximate surface area is 106 Å². The van der Waals surface area contributed by atoms with Crippen molar-refractivity contribution < 1.29 is 33.3 Å². The first-order valence-corrected chi connectivity index (χ1v) is 7.18. The minimum atomic E-state index is -10.2. The second-order valence-corrected chi connectivity index (χ2v) is 5.89. The topological polar surface area (TPSA) is 18.5 Å². The molecule has 0 spiro atoms. The molecule has 0 saturated heterocycles. The lowest BCUT2D eigenvalue weighted by Gasteiger charge is -2.41. The minimum Gasteiger partial charge on any atom is -0.492 e. The van der Waals surface area contributed by atoms with Crippen LogP contribution in [-0.2, 0) is 0 Å². The molecular weight excluding hydrogens is 298 g/mol. The maximum Gasteiger partial charge on any atom is 0.316 e. The summed E-state index contributed by atoms with van der Waals surface area (Å²) in [5.74, 6) is -4.30. The second-order valence-electron chi connectivity index (χ2n) is 3.54.